The van der Waals surface area contributed by atoms with E-state index in [0.29, 0.717) is 5.56 Å². The van der Waals surface area contributed by atoms with Gasteiger partial charge in [0.25, 0.3) is 0 Å². The Bertz CT molecular complexity index is 414. The molecule has 0 aliphatic heterocycles. The Labute approximate surface area is 91.9 Å². The summed E-state index contributed by atoms with van der Waals surface area (Å²) >= 11 is 2.04. The van der Waals surface area contributed by atoms with Crippen molar-refractivity contribution in [2.24, 2.45) is 0 Å². The summed E-state index contributed by atoms with van der Waals surface area (Å²) in [7, 11) is 1.35. The van der Waals surface area contributed by atoms with E-state index in [2.05, 4.69) is 11.2 Å². The zero-order valence-electron chi connectivity index (χ0n) is 6.34. The van der Waals surface area contributed by atoms with Crippen LogP contribution in [0, 0.1) is 28.3 Å². The molecule has 0 radical (unpaired) electrons. The van der Waals surface area contributed by atoms with Crippen molar-refractivity contribution in [3.63, 3.8) is 0 Å². The van der Waals surface area contributed by atoms with E-state index >= 15 is 0 Å². The predicted octanol–water partition coefficient (Wildman–Crippen LogP) is 3.09. The summed E-state index contributed by atoms with van der Waals surface area (Å²) in [5.41, 5.74) is 0.687. The molecule has 1 aromatic rings. The first-order valence-electron chi connectivity index (χ1n) is 3.26. The number of nitriles is 1. The molecule has 0 aromatic heterocycles. The minimum Gasteiger partial charge on any atom is -0.206 e. The van der Waals surface area contributed by atoms with Crippen molar-refractivity contribution >= 4 is 30.1 Å². The van der Waals surface area contributed by atoms with Crippen molar-refractivity contribution < 1.29 is 4.39 Å². The number of hydrogen-bond donors (Lipinski definition) is 0. The second kappa shape index (κ2) is 5.11. The highest BCUT2D eigenvalue weighted by atomic mass is 127. The lowest BCUT2D eigenvalue weighted by Crippen LogP contribution is -1.84. The SMILES string of the molecule is N#Cc1cc(C#CSI)ccc1F. The maximum absolute atomic E-state index is 12.8. The molecule has 0 saturated heterocycles. The summed E-state index contributed by atoms with van der Waals surface area (Å²) in [6.07, 6.45) is 0. The van der Waals surface area contributed by atoms with Crippen LogP contribution in [-0.2, 0) is 0 Å². The van der Waals surface area contributed by atoms with Gasteiger partial charge in [-0.25, -0.2) is 4.39 Å². The van der Waals surface area contributed by atoms with E-state index in [1.807, 2.05) is 21.2 Å². The molecule has 1 nitrogen and oxygen atoms in total. The van der Waals surface area contributed by atoms with E-state index in [4.69, 9.17) is 5.26 Å². The summed E-state index contributed by atoms with van der Waals surface area (Å²) in [6.45, 7) is 0. The third-order valence-corrected chi connectivity index (χ3v) is 2.16. The molecule has 0 spiro atoms. The predicted molar refractivity (Wildman–Crippen MR) is 59.6 cm³/mol. The van der Waals surface area contributed by atoms with Gasteiger partial charge in [-0.1, -0.05) is 5.92 Å². The smallest absolute Gasteiger partial charge is 0.141 e. The summed E-state index contributed by atoms with van der Waals surface area (Å²) in [5.74, 6) is 2.28. The highest BCUT2D eigenvalue weighted by Crippen LogP contribution is 2.11. The first kappa shape index (κ1) is 10.4. The van der Waals surface area contributed by atoms with Crippen molar-refractivity contribution in [1.29, 1.82) is 5.26 Å². The van der Waals surface area contributed by atoms with Gasteiger partial charge in [0.15, 0.2) is 0 Å². The topological polar surface area (TPSA) is 23.8 Å². The second-order valence-electron chi connectivity index (χ2n) is 2.11. The number of nitrogens with zero attached hydrogens (tertiary/aromatic N) is 1. The molecule has 1 rings (SSSR count). The molecule has 0 unspecified atom stereocenters. The van der Waals surface area contributed by atoms with Crippen LogP contribution in [0.1, 0.15) is 11.1 Å². The van der Waals surface area contributed by atoms with Gasteiger partial charge in [0.05, 0.1) is 5.56 Å². The zero-order chi connectivity index (χ0) is 9.68. The molecule has 0 heterocycles. The molecule has 0 amide bonds. The van der Waals surface area contributed by atoms with Gasteiger partial charge >= 0.3 is 0 Å². The van der Waals surface area contributed by atoms with Gasteiger partial charge in [0.2, 0.25) is 0 Å². The summed E-state index contributed by atoms with van der Waals surface area (Å²) < 4.78 is 12.8. The summed E-state index contributed by atoms with van der Waals surface area (Å²) in [4.78, 5) is 0. The molecule has 0 aliphatic carbocycles. The molecule has 0 aliphatic rings. The fourth-order valence-electron chi connectivity index (χ4n) is 0.767. The Morgan fingerprint density at radius 1 is 1.46 bits per heavy atom. The second-order valence-corrected chi connectivity index (χ2v) is 3.79. The van der Waals surface area contributed by atoms with Crippen LogP contribution >= 0.6 is 30.1 Å². The fraction of sp³-hybridized carbons (Fsp3) is 0. The zero-order valence-corrected chi connectivity index (χ0v) is 9.32. The molecule has 0 atom stereocenters. The first-order chi connectivity index (χ1) is 6.27. The lowest BCUT2D eigenvalue weighted by atomic mass is 10.1. The average Bonchev–Trinajstić information content (AvgIpc) is 2.16. The van der Waals surface area contributed by atoms with E-state index in [0.717, 1.165) is 0 Å². The average molecular weight is 303 g/mol. The largest absolute Gasteiger partial charge is 0.206 e. The van der Waals surface area contributed by atoms with Crippen LogP contribution in [0.5, 0.6) is 0 Å². The van der Waals surface area contributed by atoms with Crippen LogP contribution in [0.3, 0.4) is 0 Å². The molecule has 64 valence electrons. The van der Waals surface area contributed by atoms with E-state index in [9.17, 15) is 4.39 Å². The van der Waals surface area contributed by atoms with E-state index in [1.54, 1.807) is 12.1 Å². The Kier molecular flexibility index (Phi) is 4.07. The van der Waals surface area contributed by atoms with Crippen LogP contribution in [0.25, 0.3) is 0 Å². The van der Waals surface area contributed by atoms with Gasteiger partial charge in [-0.05, 0) is 32.4 Å². The standard InChI is InChI=1S/C9H3FINS/c10-9-2-1-7(3-4-13-11)5-8(9)6-12/h1-2,5H. The van der Waals surface area contributed by atoms with Gasteiger partial charge in [-0.2, -0.15) is 5.26 Å². The van der Waals surface area contributed by atoms with E-state index < -0.39 is 5.82 Å². The number of halogens is 2. The minimum absolute atomic E-state index is 0.0326. The Morgan fingerprint density at radius 2 is 2.23 bits per heavy atom. The van der Waals surface area contributed by atoms with Gasteiger partial charge < -0.3 is 0 Å². The van der Waals surface area contributed by atoms with Gasteiger partial charge in [0, 0.05) is 26.8 Å². The minimum atomic E-state index is -0.504. The molecule has 1 aromatic carbocycles. The number of rotatable bonds is 0. The highest BCUT2D eigenvalue weighted by molar-refractivity contribution is 14.2. The highest BCUT2D eigenvalue weighted by Gasteiger charge is 2.00. The molecule has 4 heteroatoms. The molecule has 0 fully saturated rings. The van der Waals surface area contributed by atoms with Crippen LogP contribution < -0.4 is 0 Å². The van der Waals surface area contributed by atoms with Gasteiger partial charge in [-0.3, -0.25) is 0 Å². The number of hydrogen-bond acceptors (Lipinski definition) is 2. The van der Waals surface area contributed by atoms with E-state index in [-0.39, 0.29) is 5.56 Å². The molecular formula is C9H3FINS. The maximum Gasteiger partial charge on any atom is 0.141 e. The monoisotopic (exact) mass is 303 g/mol. The third-order valence-electron chi connectivity index (χ3n) is 1.32. The van der Waals surface area contributed by atoms with Gasteiger partial charge in [0.1, 0.15) is 11.9 Å². The Balaban J connectivity index is 3.08. The quantitative estimate of drug-likeness (QED) is 0.543. The van der Waals surface area contributed by atoms with Crippen LogP contribution in [0.4, 0.5) is 4.39 Å². The summed E-state index contributed by atoms with van der Waals surface area (Å²) in [5, 5.41) is 11.3. The molecule has 0 saturated carbocycles. The first-order valence-corrected chi connectivity index (χ1v) is 6.62. The van der Waals surface area contributed by atoms with Crippen molar-refractivity contribution in [2.75, 3.05) is 0 Å². The van der Waals surface area contributed by atoms with Crippen LogP contribution in [0.2, 0.25) is 0 Å². The Hall–Kier alpha value is -0.720. The lowest BCUT2D eigenvalue weighted by molar-refractivity contribution is 0.624. The Morgan fingerprint density at radius 3 is 2.85 bits per heavy atom. The van der Waals surface area contributed by atoms with Crippen molar-refractivity contribution in [2.45, 2.75) is 0 Å². The number of benzene rings is 1. The fourth-order valence-corrected chi connectivity index (χ4v) is 1.25. The third kappa shape index (κ3) is 2.91. The van der Waals surface area contributed by atoms with Crippen molar-refractivity contribution in [3.05, 3.63) is 35.1 Å². The van der Waals surface area contributed by atoms with E-state index in [1.165, 1.54) is 21.1 Å². The molecule has 13 heavy (non-hydrogen) atoms. The summed E-state index contributed by atoms with van der Waals surface area (Å²) in [6, 6.07) is 6.00. The van der Waals surface area contributed by atoms with Gasteiger partial charge in [-0.15, -0.1) is 0 Å². The van der Waals surface area contributed by atoms with Crippen LogP contribution in [-0.4, -0.2) is 0 Å². The van der Waals surface area contributed by atoms with Crippen LogP contribution in [0.15, 0.2) is 18.2 Å². The lowest BCUT2D eigenvalue weighted by Gasteiger charge is -1.92. The molecule has 0 N–H and O–H groups in total. The molecular weight excluding hydrogens is 300 g/mol. The maximum atomic E-state index is 12.8. The van der Waals surface area contributed by atoms with Crippen molar-refractivity contribution in [1.82, 2.24) is 0 Å². The normalized spacial score (nSPS) is 8.38. The van der Waals surface area contributed by atoms with Crippen molar-refractivity contribution in [3.8, 4) is 17.2 Å². The molecule has 0 bridgehead atoms.